The van der Waals surface area contributed by atoms with Gasteiger partial charge in [-0.05, 0) is 54.6 Å². The van der Waals surface area contributed by atoms with Crippen molar-refractivity contribution in [2.75, 3.05) is 10.6 Å². The van der Waals surface area contributed by atoms with E-state index in [4.69, 9.17) is 10.5 Å². The number of rotatable bonds is 3. The highest BCUT2D eigenvalue weighted by Gasteiger charge is 2.36. The number of carbonyl (C=O) groups excluding carboxylic acids is 2. The zero-order chi connectivity index (χ0) is 17.4. The number of anilines is 2. The molecular weight excluding hydrogens is 316 g/mol. The highest BCUT2D eigenvalue weighted by Crippen LogP contribution is 2.32. The molecule has 0 saturated carbocycles. The first kappa shape index (κ1) is 15.0. The third-order valence-corrected chi connectivity index (χ3v) is 3.99. The third kappa shape index (κ3) is 2.61. The van der Waals surface area contributed by atoms with Crippen LogP contribution in [0, 0.1) is 0 Å². The van der Waals surface area contributed by atoms with E-state index in [2.05, 4.69) is 0 Å². The van der Waals surface area contributed by atoms with Crippen LogP contribution < -0.4 is 15.4 Å². The molecule has 4 rings (SSSR count). The molecule has 2 N–H and O–H groups in total. The normalized spacial score (nSPS) is 13.0. The van der Waals surface area contributed by atoms with Crippen molar-refractivity contribution in [1.29, 1.82) is 0 Å². The molecule has 0 saturated heterocycles. The Kier molecular flexibility index (Phi) is 3.47. The lowest BCUT2D eigenvalue weighted by Crippen LogP contribution is -2.29. The average Bonchev–Trinajstić information content (AvgIpc) is 2.88. The summed E-state index contributed by atoms with van der Waals surface area (Å²) in [6.45, 7) is 0. The van der Waals surface area contributed by atoms with Crippen LogP contribution in [-0.2, 0) is 0 Å². The number of nitrogens with zero attached hydrogens (tertiary/aromatic N) is 1. The molecule has 0 spiro atoms. The second kappa shape index (κ2) is 5.79. The summed E-state index contributed by atoms with van der Waals surface area (Å²) >= 11 is 0. The average molecular weight is 330 g/mol. The summed E-state index contributed by atoms with van der Waals surface area (Å²) in [5, 5.41) is 0. The molecule has 0 unspecified atom stereocenters. The van der Waals surface area contributed by atoms with Gasteiger partial charge < -0.3 is 10.5 Å². The van der Waals surface area contributed by atoms with E-state index in [9.17, 15) is 9.59 Å². The molecule has 0 atom stereocenters. The van der Waals surface area contributed by atoms with Crippen molar-refractivity contribution in [2.24, 2.45) is 0 Å². The van der Waals surface area contributed by atoms with Crippen molar-refractivity contribution in [1.82, 2.24) is 0 Å². The molecule has 1 aliphatic heterocycles. The molecule has 1 heterocycles. The SMILES string of the molecule is Nc1ccc(Oc2ccc3c(c2)C(=O)N(c2ccccc2)C3=O)cc1. The molecule has 0 fully saturated rings. The molecule has 0 radical (unpaired) electrons. The fourth-order valence-corrected chi connectivity index (χ4v) is 2.77. The molecule has 2 amide bonds. The van der Waals surface area contributed by atoms with Gasteiger partial charge in [0.2, 0.25) is 0 Å². The van der Waals surface area contributed by atoms with Gasteiger partial charge in [0.1, 0.15) is 11.5 Å². The Morgan fingerprint density at radius 2 is 1.36 bits per heavy atom. The molecule has 0 bridgehead atoms. The van der Waals surface area contributed by atoms with E-state index in [0.29, 0.717) is 34.0 Å². The molecule has 5 heteroatoms. The Bertz CT molecular complexity index is 966. The van der Waals surface area contributed by atoms with Crippen molar-refractivity contribution in [3.63, 3.8) is 0 Å². The number of carbonyl (C=O) groups is 2. The minimum Gasteiger partial charge on any atom is -0.457 e. The fraction of sp³-hybridized carbons (Fsp3) is 0. The molecule has 122 valence electrons. The summed E-state index contributed by atoms with van der Waals surface area (Å²) in [4.78, 5) is 26.4. The Morgan fingerprint density at radius 3 is 2.08 bits per heavy atom. The monoisotopic (exact) mass is 330 g/mol. The molecule has 25 heavy (non-hydrogen) atoms. The van der Waals surface area contributed by atoms with E-state index < -0.39 is 0 Å². The first-order valence-corrected chi connectivity index (χ1v) is 7.75. The van der Waals surface area contributed by atoms with Crippen molar-refractivity contribution in [3.05, 3.63) is 83.9 Å². The van der Waals surface area contributed by atoms with Crippen molar-refractivity contribution < 1.29 is 14.3 Å². The number of para-hydroxylation sites is 1. The summed E-state index contributed by atoms with van der Waals surface area (Å²) in [7, 11) is 0. The second-order valence-electron chi connectivity index (χ2n) is 5.66. The Labute approximate surface area is 144 Å². The van der Waals surface area contributed by atoms with Crippen LogP contribution in [0.4, 0.5) is 11.4 Å². The number of nitrogen functional groups attached to an aromatic ring is 1. The van der Waals surface area contributed by atoms with Crippen molar-refractivity contribution in [3.8, 4) is 11.5 Å². The molecule has 0 aliphatic carbocycles. The van der Waals surface area contributed by atoms with Crippen molar-refractivity contribution in [2.45, 2.75) is 0 Å². The quantitative estimate of drug-likeness (QED) is 0.584. The first-order chi connectivity index (χ1) is 12.1. The zero-order valence-corrected chi connectivity index (χ0v) is 13.2. The maximum Gasteiger partial charge on any atom is 0.266 e. The van der Waals surface area contributed by atoms with E-state index >= 15 is 0 Å². The largest absolute Gasteiger partial charge is 0.457 e. The Morgan fingerprint density at radius 1 is 0.720 bits per heavy atom. The predicted molar refractivity (Wildman–Crippen MR) is 95.0 cm³/mol. The maximum absolute atomic E-state index is 12.7. The van der Waals surface area contributed by atoms with E-state index in [1.165, 1.54) is 4.90 Å². The van der Waals surface area contributed by atoms with Gasteiger partial charge in [0.15, 0.2) is 0 Å². The number of hydrogen-bond donors (Lipinski definition) is 1. The number of hydrogen-bond acceptors (Lipinski definition) is 4. The first-order valence-electron chi connectivity index (χ1n) is 7.75. The van der Waals surface area contributed by atoms with Crippen LogP contribution in [0.2, 0.25) is 0 Å². The van der Waals surface area contributed by atoms with Crippen LogP contribution in [0.25, 0.3) is 0 Å². The number of benzene rings is 3. The maximum atomic E-state index is 12.7. The van der Waals surface area contributed by atoms with Crippen LogP contribution in [0.1, 0.15) is 20.7 Å². The standard InChI is InChI=1S/C20H14N2O3/c21-13-6-8-15(9-7-13)25-16-10-11-17-18(12-16)20(24)22(19(17)23)14-4-2-1-3-5-14/h1-12H,21H2. The molecule has 3 aromatic rings. The van der Waals surface area contributed by atoms with Gasteiger partial charge in [0, 0.05) is 5.69 Å². The van der Waals surface area contributed by atoms with Gasteiger partial charge in [0.05, 0.1) is 16.8 Å². The topological polar surface area (TPSA) is 72.6 Å². The number of nitrogens with two attached hydrogens (primary N) is 1. The predicted octanol–water partition coefficient (Wildman–Crippen LogP) is 3.86. The Balaban J connectivity index is 1.66. The third-order valence-electron chi connectivity index (χ3n) is 3.99. The molecule has 1 aliphatic rings. The highest BCUT2D eigenvalue weighted by molar-refractivity contribution is 6.34. The van der Waals surface area contributed by atoms with Crippen LogP contribution in [0.3, 0.4) is 0 Å². The van der Waals surface area contributed by atoms with Crippen LogP contribution in [0.15, 0.2) is 72.8 Å². The number of fused-ring (bicyclic) bond motifs is 1. The van der Waals surface area contributed by atoms with Gasteiger partial charge in [-0.1, -0.05) is 18.2 Å². The van der Waals surface area contributed by atoms with E-state index in [1.807, 2.05) is 6.07 Å². The lowest BCUT2D eigenvalue weighted by Gasteiger charge is -2.13. The number of imide groups is 1. The molecule has 3 aromatic carbocycles. The van der Waals surface area contributed by atoms with Gasteiger partial charge in [-0.15, -0.1) is 0 Å². The number of ether oxygens (including phenoxy) is 1. The second-order valence-corrected chi connectivity index (χ2v) is 5.66. The smallest absolute Gasteiger partial charge is 0.266 e. The summed E-state index contributed by atoms with van der Waals surface area (Å²) in [6, 6.07) is 20.7. The van der Waals surface area contributed by atoms with Gasteiger partial charge in [-0.2, -0.15) is 0 Å². The van der Waals surface area contributed by atoms with Crippen LogP contribution >= 0.6 is 0 Å². The fourth-order valence-electron chi connectivity index (χ4n) is 2.77. The summed E-state index contributed by atoms with van der Waals surface area (Å²) < 4.78 is 5.75. The number of amides is 2. The minimum atomic E-state index is -0.353. The molecular formula is C20H14N2O3. The van der Waals surface area contributed by atoms with E-state index in [-0.39, 0.29) is 11.8 Å². The zero-order valence-electron chi connectivity index (χ0n) is 13.2. The van der Waals surface area contributed by atoms with Crippen LogP contribution in [-0.4, -0.2) is 11.8 Å². The van der Waals surface area contributed by atoms with Gasteiger partial charge in [-0.25, -0.2) is 4.90 Å². The van der Waals surface area contributed by atoms with Crippen LogP contribution in [0.5, 0.6) is 11.5 Å². The highest BCUT2D eigenvalue weighted by atomic mass is 16.5. The summed E-state index contributed by atoms with van der Waals surface area (Å²) in [5.74, 6) is 0.407. The lowest BCUT2D eigenvalue weighted by molar-refractivity contribution is 0.0926. The Hall–Kier alpha value is -3.60. The summed E-state index contributed by atoms with van der Waals surface area (Å²) in [5.41, 5.74) is 7.55. The van der Waals surface area contributed by atoms with E-state index in [1.54, 1.807) is 66.7 Å². The summed E-state index contributed by atoms with van der Waals surface area (Å²) in [6.07, 6.45) is 0. The molecule has 0 aromatic heterocycles. The lowest BCUT2D eigenvalue weighted by atomic mass is 10.1. The molecule has 5 nitrogen and oxygen atoms in total. The van der Waals surface area contributed by atoms with Gasteiger partial charge >= 0.3 is 0 Å². The van der Waals surface area contributed by atoms with Crippen molar-refractivity contribution >= 4 is 23.2 Å². The van der Waals surface area contributed by atoms with E-state index in [0.717, 1.165) is 0 Å². The van der Waals surface area contributed by atoms with Gasteiger partial charge in [-0.3, -0.25) is 9.59 Å². The minimum absolute atomic E-state index is 0.328. The van der Waals surface area contributed by atoms with Gasteiger partial charge in [0.25, 0.3) is 11.8 Å².